The van der Waals surface area contributed by atoms with Crippen LogP contribution in [0, 0.1) is 6.92 Å². The molecule has 0 spiro atoms. The fourth-order valence-electron chi connectivity index (χ4n) is 1.91. The molecule has 1 aromatic carbocycles. The normalized spacial score (nSPS) is 12.0. The average molecular weight is 294 g/mol. The summed E-state index contributed by atoms with van der Waals surface area (Å²) in [6.45, 7) is 3.83. The topological polar surface area (TPSA) is 51.5 Å². The van der Waals surface area contributed by atoms with Crippen molar-refractivity contribution in [1.29, 1.82) is 0 Å². The van der Waals surface area contributed by atoms with Crippen LogP contribution in [0.25, 0.3) is 0 Å². The summed E-state index contributed by atoms with van der Waals surface area (Å²) < 4.78 is 10.3. The number of anilines is 1. The van der Waals surface area contributed by atoms with Crippen LogP contribution in [0.15, 0.2) is 34.7 Å². The van der Waals surface area contributed by atoms with E-state index in [0.717, 1.165) is 11.5 Å². The summed E-state index contributed by atoms with van der Waals surface area (Å²) in [4.78, 5) is 11.7. The summed E-state index contributed by atoms with van der Waals surface area (Å²) in [5, 5.41) is 3.76. The maximum atomic E-state index is 11.7. The molecule has 106 valence electrons. The molecule has 0 bridgehead atoms. The molecule has 0 saturated heterocycles. The number of carbonyl (C=O) groups excluding carboxylic acids is 1. The second-order valence-corrected chi connectivity index (χ2v) is 4.93. The minimum absolute atomic E-state index is 0.0921. The van der Waals surface area contributed by atoms with Crippen LogP contribution in [0.4, 0.5) is 5.69 Å². The molecule has 1 N–H and O–H groups in total. The summed E-state index contributed by atoms with van der Waals surface area (Å²) in [6.07, 6.45) is 0. The van der Waals surface area contributed by atoms with Crippen molar-refractivity contribution in [2.75, 3.05) is 12.4 Å². The van der Waals surface area contributed by atoms with E-state index in [0.29, 0.717) is 16.3 Å². The maximum Gasteiger partial charge on any atom is 0.339 e. The lowest BCUT2D eigenvalue weighted by molar-refractivity contribution is 0.0602. The molecule has 1 unspecified atom stereocenters. The first-order valence-corrected chi connectivity index (χ1v) is 6.60. The number of aryl methyl sites for hydroxylation is 1. The zero-order valence-electron chi connectivity index (χ0n) is 11.6. The van der Waals surface area contributed by atoms with Crippen molar-refractivity contribution in [3.63, 3.8) is 0 Å². The van der Waals surface area contributed by atoms with E-state index in [-0.39, 0.29) is 6.04 Å². The number of halogens is 1. The number of carbonyl (C=O) groups is 1. The standard InChI is InChI=1S/C15H16ClNO3/c1-9-4-7-14(20-9)10(2)17-13-8-11(16)5-6-12(13)15(18)19-3/h4-8,10,17H,1-3H3. The van der Waals surface area contributed by atoms with Crippen LogP contribution in [-0.4, -0.2) is 13.1 Å². The Balaban J connectivity index is 2.28. The third-order valence-electron chi connectivity index (χ3n) is 2.95. The molecule has 0 saturated carbocycles. The van der Waals surface area contributed by atoms with Crippen molar-refractivity contribution in [3.05, 3.63) is 52.4 Å². The maximum absolute atomic E-state index is 11.7. The Hall–Kier alpha value is -1.94. The van der Waals surface area contributed by atoms with Crippen LogP contribution in [0.5, 0.6) is 0 Å². The summed E-state index contributed by atoms with van der Waals surface area (Å²) in [5.74, 6) is 1.22. The zero-order valence-corrected chi connectivity index (χ0v) is 12.3. The molecule has 1 atom stereocenters. The van der Waals surface area contributed by atoms with Crippen LogP contribution in [0.2, 0.25) is 5.02 Å². The molecule has 0 aliphatic rings. The third kappa shape index (κ3) is 3.14. The van der Waals surface area contributed by atoms with Gasteiger partial charge in [0.1, 0.15) is 11.5 Å². The molecule has 0 fully saturated rings. The quantitative estimate of drug-likeness (QED) is 0.858. The van der Waals surface area contributed by atoms with Crippen molar-refractivity contribution in [2.45, 2.75) is 19.9 Å². The number of rotatable bonds is 4. The molecule has 0 aliphatic heterocycles. The third-order valence-corrected chi connectivity index (χ3v) is 3.18. The number of furan rings is 1. The van der Waals surface area contributed by atoms with Gasteiger partial charge in [0, 0.05) is 5.02 Å². The van der Waals surface area contributed by atoms with Crippen molar-refractivity contribution in [2.24, 2.45) is 0 Å². The molecule has 2 aromatic rings. The van der Waals surface area contributed by atoms with Crippen molar-refractivity contribution < 1.29 is 13.9 Å². The lowest BCUT2D eigenvalue weighted by Crippen LogP contribution is -2.11. The van der Waals surface area contributed by atoms with Gasteiger partial charge in [-0.05, 0) is 44.2 Å². The van der Waals surface area contributed by atoms with Gasteiger partial charge in [-0.25, -0.2) is 4.79 Å². The van der Waals surface area contributed by atoms with Gasteiger partial charge in [0.2, 0.25) is 0 Å². The number of esters is 1. The monoisotopic (exact) mass is 293 g/mol. The van der Waals surface area contributed by atoms with Crippen LogP contribution in [0.3, 0.4) is 0 Å². The smallest absolute Gasteiger partial charge is 0.339 e. The number of benzene rings is 1. The minimum Gasteiger partial charge on any atom is -0.465 e. The minimum atomic E-state index is -0.410. The average Bonchev–Trinajstić information content (AvgIpc) is 2.85. The van der Waals surface area contributed by atoms with Crippen LogP contribution < -0.4 is 5.32 Å². The molecule has 0 radical (unpaired) electrons. The van der Waals surface area contributed by atoms with E-state index >= 15 is 0 Å². The van der Waals surface area contributed by atoms with Crippen LogP contribution in [-0.2, 0) is 4.74 Å². The number of ether oxygens (including phenoxy) is 1. The highest BCUT2D eigenvalue weighted by molar-refractivity contribution is 6.31. The van der Waals surface area contributed by atoms with E-state index < -0.39 is 5.97 Å². The Morgan fingerprint density at radius 2 is 2.10 bits per heavy atom. The van der Waals surface area contributed by atoms with E-state index in [1.165, 1.54) is 7.11 Å². The summed E-state index contributed by atoms with van der Waals surface area (Å²) in [7, 11) is 1.35. The molecule has 2 rings (SSSR count). The van der Waals surface area contributed by atoms with Gasteiger partial charge in [-0.1, -0.05) is 11.6 Å². The van der Waals surface area contributed by atoms with E-state index in [4.69, 9.17) is 20.8 Å². The predicted octanol–water partition coefficient (Wildman–Crippen LogP) is 4.20. The van der Waals surface area contributed by atoms with Crippen LogP contribution >= 0.6 is 11.6 Å². The molecule has 1 heterocycles. The second-order valence-electron chi connectivity index (χ2n) is 4.50. The Kier molecular flexibility index (Phi) is 4.35. The van der Waals surface area contributed by atoms with Gasteiger partial charge in [0.15, 0.2) is 0 Å². The molecule has 4 nitrogen and oxygen atoms in total. The molecule has 20 heavy (non-hydrogen) atoms. The fourth-order valence-corrected chi connectivity index (χ4v) is 2.09. The van der Waals surface area contributed by atoms with Gasteiger partial charge in [0.25, 0.3) is 0 Å². The lowest BCUT2D eigenvalue weighted by Gasteiger charge is -2.16. The van der Waals surface area contributed by atoms with Crippen molar-refractivity contribution in [1.82, 2.24) is 0 Å². The van der Waals surface area contributed by atoms with E-state index in [9.17, 15) is 4.79 Å². The van der Waals surface area contributed by atoms with Gasteiger partial charge in [-0.15, -0.1) is 0 Å². The number of methoxy groups -OCH3 is 1. The van der Waals surface area contributed by atoms with Gasteiger partial charge in [-0.2, -0.15) is 0 Å². The lowest BCUT2D eigenvalue weighted by atomic mass is 10.1. The fraction of sp³-hybridized carbons (Fsp3) is 0.267. The molecule has 0 amide bonds. The van der Waals surface area contributed by atoms with Gasteiger partial charge in [0.05, 0.1) is 24.4 Å². The first-order chi connectivity index (χ1) is 9.51. The Labute approximate surface area is 122 Å². The summed E-state index contributed by atoms with van der Waals surface area (Å²) in [5.41, 5.74) is 1.05. The number of nitrogens with one attached hydrogen (secondary N) is 1. The number of hydrogen-bond acceptors (Lipinski definition) is 4. The first-order valence-electron chi connectivity index (χ1n) is 6.22. The van der Waals surface area contributed by atoms with E-state index in [1.807, 2.05) is 26.0 Å². The summed E-state index contributed by atoms with van der Waals surface area (Å²) in [6, 6.07) is 8.69. The molecular weight excluding hydrogens is 278 g/mol. The van der Waals surface area contributed by atoms with Crippen LogP contribution in [0.1, 0.15) is 34.8 Å². The van der Waals surface area contributed by atoms with Gasteiger partial charge < -0.3 is 14.5 Å². The first kappa shape index (κ1) is 14.5. The largest absolute Gasteiger partial charge is 0.465 e. The highest BCUT2D eigenvalue weighted by atomic mass is 35.5. The van der Waals surface area contributed by atoms with Crippen molar-refractivity contribution in [3.8, 4) is 0 Å². The van der Waals surface area contributed by atoms with Crippen molar-refractivity contribution >= 4 is 23.3 Å². The Morgan fingerprint density at radius 3 is 2.70 bits per heavy atom. The Bertz CT molecular complexity index is 621. The number of hydrogen-bond donors (Lipinski definition) is 1. The highest BCUT2D eigenvalue weighted by Gasteiger charge is 2.16. The zero-order chi connectivity index (χ0) is 14.7. The van der Waals surface area contributed by atoms with E-state index in [2.05, 4.69) is 5.32 Å². The molecule has 1 aromatic heterocycles. The molecular formula is C15H16ClNO3. The second kappa shape index (κ2) is 6.01. The Morgan fingerprint density at radius 1 is 1.35 bits per heavy atom. The van der Waals surface area contributed by atoms with E-state index in [1.54, 1.807) is 18.2 Å². The molecule has 0 aliphatic carbocycles. The molecule has 5 heteroatoms. The summed E-state index contributed by atoms with van der Waals surface area (Å²) >= 11 is 5.98. The van der Waals surface area contributed by atoms with Gasteiger partial charge in [-0.3, -0.25) is 0 Å². The highest BCUT2D eigenvalue weighted by Crippen LogP contribution is 2.27. The van der Waals surface area contributed by atoms with Gasteiger partial charge >= 0.3 is 5.97 Å². The predicted molar refractivity (Wildman–Crippen MR) is 78.3 cm³/mol. The SMILES string of the molecule is COC(=O)c1ccc(Cl)cc1NC(C)c1ccc(C)o1.